The molecule has 1 unspecified atom stereocenters. The van der Waals surface area contributed by atoms with E-state index < -0.39 is 0 Å². The van der Waals surface area contributed by atoms with Gasteiger partial charge in [0.05, 0.1) is 12.2 Å². The van der Waals surface area contributed by atoms with Crippen molar-refractivity contribution in [3.05, 3.63) is 77.1 Å². The first kappa shape index (κ1) is 15.3. The number of aromatic hydroxyl groups is 1. The predicted octanol–water partition coefficient (Wildman–Crippen LogP) is 3.69. The summed E-state index contributed by atoms with van der Waals surface area (Å²) in [5, 5.41) is 18.1. The highest BCUT2D eigenvalue weighted by atomic mass is 16.3. The van der Waals surface area contributed by atoms with E-state index in [-0.39, 0.29) is 0 Å². The van der Waals surface area contributed by atoms with Crippen molar-refractivity contribution in [2.45, 2.75) is 32.7 Å². The molecule has 3 aromatic rings. The van der Waals surface area contributed by atoms with Gasteiger partial charge in [0.15, 0.2) is 0 Å². The van der Waals surface area contributed by atoms with Gasteiger partial charge in [-0.15, -0.1) is 5.10 Å². The second-order valence-corrected chi connectivity index (χ2v) is 6.04. The number of nitrogens with zero attached hydrogens (tertiary/aromatic N) is 3. The molecule has 0 aliphatic rings. The molecule has 4 nitrogen and oxygen atoms in total. The topological polar surface area (TPSA) is 50.9 Å². The smallest absolute Gasteiger partial charge is 0.118 e. The zero-order chi connectivity index (χ0) is 16.2. The van der Waals surface area contributed by atoms with Crippen LogP contribution in [0.3, 0.4) is 0 Å². The van der Waals surface area contributed by atoms with E-state index >= 15 is 0 Å². The summed E-state index contributed by atoms with van der Waals surface area (Å²) in [5.41, 5.74) is 4.31. The van der Waals surface area contributed by atoms with Crippen molar-refractivity contribution in [1.29, 1.82) is 0 Å². The molecule has 0 aliphatic heterocycles. The van der Waals surface area contributed by atoms with E-state index in [0.29, 0.717) is 11.7 Å². The van der Waals surface area contributed by atoms with Crippen molar-refractivity contribution in [2.75, 3.05) is 0 Å². The van der Waals surface area contributed by atoms with Gasteiger partial charge in [0.1, 0.15) is 5.75 Å². The minimum atomic E-state index is 0.330. The molecule has 23 heavy (non-hydrogen) atoms. The number of aryl methyl sites for hydroxylation is 1. The van der Waals surface area contributed by atoms with Crippen molar-refractivity contribution >= 4 is 0 Å². The number of hydrogen-bond acceptors (Lipinski definition) is 3. The largest absolute Gasteiger partial charge is 0.508 e. The average Bonchev–Trinajstić information content (AvgIpc) is 2.98. The van der Waals surface area contributed by atoms with Gasteiger partial charge in [0.2, 0.25) is 0 Å². The summed E-state index contributed by atoms with van der Waals surface area (Å²) in [6.07, 6.45) is 2.84. The first-order valence-corrected chi connectivity index (χ1v) is 7.84. The summed E-state index contributed by atoms with van der Waals surface area (Å²) in [4.78, 5) is 0. The maximum absolute atomic E-state index is 9.63. The molecule has 0 spiro atoms. The monoisotopic (exact) mass is 307 g/mol. The summed E-state index contributed by atoms with van der Waals surface area (Å²) in [6, 6.07) is 16.0. The molecule has 1 N–H and O–H groups in total. The molecule has 1 heterocycles. The summed E-state index contributed by atoms with van der Waals surface area (Å²) in [6.45, 7) is 4.82. The first-order valence-electron chi connectivity index (χ1n) is 7.84. The number of hydrogen-bond donors (Lipinski definition) is 1. The molecule has 2 aromatic carbocycles. The van der Waals surface area contributed by atoms with Gasteiger partial charge >= 0.3 is 0 Å². The zero-order valence-electron chi connectivity index (χ0n) is 13.5. The van der Waals surface area contributed by atoms with Gasteiger partial charge in [-0.05, 0) is 42.0 Å². The molecule has 118 valence electrons. The summed E-state index contributed by atoms with van der Waals surface area (Å²) >= 11 is 0. The number of rotatable bonds is 5. The molecule has 0 saturated carbocycles. The Balaban J connectivity index is 1.67. The first-order chi connectivity index (χ1) is 11.1. The Morgan fingerprint density at radius 2 is 1.91 bits per heavy atom. The number of phenols is 1. The van der Waals surface area contributed by atoms with Crippen LogP contribution in [0.25, 0.3) is 0 Å². The molecular weight excluding hydrogens is 286 g/mol. The molecule has 1 atom stereocenters. The standard InChI is InChI=1S/C19H21N3O/c1-14(17-8-9-19(23)15(2)10-17)11-18-13-22(21-20-18)12-16-6-4-3-5-7-16/h3-10,13-14,23H,11-12H2,1-2H3. The van der Waals surface area contributed by atoms with Crippen LogP contribution in [0, 0.1) is 6.92 Å². The van der Waals surface area contributed by atoms with Crippen LogP contribution < -0.4 is 0 Å². The van der Waals surface area contributed by atoms with E-state index in [4.69, 9.17) is 0 Å². The van der Waals surface area contributed by atoms with E-state index in [1.54, 1.807) is 6.07 Å². The second kappa shape index (κ2) is 6.65. The van der Waals surface area contributed by atoms with Crippen LogP contribution in [0.1, 0.15) is 35.2 Å². The highest BCUT2D eigenvalue weighted by molar-refractivity contribution is 5.36. The van der Waals surface area contributed by atoms with Gasteiger partial charge in [-0.1, -0.05) is 54.6 Å². The van der Waals surface area contributed by atoms with Gasteiger partial charge in [0, 0.05) is 6.20 Å². The Morgan fingerprint density at radius 1 is 1.13 bits per heavy atom. The Morgan fingerprint density at radius 3 is 2.65 bits per heavy atom. The van der Waals surface area contributed by atoms with Crippen molar-refractivity contribution in [1.82, 2.24) is 15.0 Å². The fourth-order valence-electron chi connectivity index (χ4n) is 2.70. The number of aromatic nitrogens is 3. The Kier molecular flexibility index (Phi) is 4.42. The average molecular weight is 307 g/mol. The van der Waals surface area contributed by atoms with Gasteiger partial charge in [-0.2, -0.15) is 0 Å². The normalized spacial score (nSPS) is 12.3. The molecule has 1 aromatic heterocycles. The lowest BCUT2D eigenvalue weighted by Crippen LogP contribution is -2.00. The molecule has 0 aliphatic carbocycles. The van der Waals surface area contributed by atoms with Crippen LogP contribution in [-0.4, -0.2) is 20.1 Å². The fourth-order valence-corrected chi connectivity index (χ4v) is 2.70. The number of benzene rings is 2. The minimum Gasteiger partial charge on any atom is -0.508 e. The van der Waals surface area contributed by atoms with Crippen LogP contribution in [0.5, 0.6) is 5.75 Å². The van der Waals surface area contributed by atoms with Crippen LogP contribution >= 0.6 is 0 Å². The van der Waals surface area contributed by atoms with Crippen LogP contribution in [-0.2, 0) is 13.0 Å². The quantitative estimate of drug-likeness (QED) is 0.782. The molecule has 0 bridgehead atoms. The lowest BCUT2D eigenvalue weighted by atomic mass is 9.95. The van der Waals surface area contributed by atoms with Gasteiger partial charge in [0.25, 0.3) is 0 Å². The maximum Gasteiger partial charge on any atom is 0.118 e. The maximum atomic E-state index is 9.63. The lowest BCUT2D eigenvalue weighted by molar-refractivity contribution is 0.470. The zero-order valence-corrected chi connectivity index (χ0v) is 13.5. The molecule has 0 radical (unpaired) electrons. The third-order valence-corrected chi connectivity index (χ3v) is 4.08. The molecule has 3 rings (SSSR count). The second-order valence-electron chi connectivity index (χ2n) is 6.04. The molecule has 0 saturated heterocycles. The van der Waals surface area contributed by atoms with Crippen molar-refractivity contribution in [3.63, 3.8) is 0 Å². The summed E-state index contributed by atoms with van der Waals surface area (Å²) in [5.74, 6) is 0.672. The third-order valence-electron chi connectivity index (χ3n) is 4.08. The van der Waals surface area contributed by atoms with Gasteiger partial charge < -0.3 is 5.11 Å². The Labute approximate surface area is 136 Å². The molecular formula is C19H21N3O. The van der Waals surface area contributed by atoms with Crippen molar-refractivity contribution < 1.29 is 5.11 Å². The van der Waals surface area contributed by atoms with Crippen LogP contribution in [0.15, 0.2) is 54.7 Å². The predicted molar refractivity (Wildman–Crippen MR) is 90.5 cm³/mol. The molecule has 0 amide bonds. The Bertz CT molecular complexity index is 780. The molecule has 0 fully saturated rings. The van der Waals surface area contributed by atoms with Crippen molar-refractivity contribution in [3.8, 4) is 5.75 Å². The van der Waals surface area contributed by atoms with Gasteiger partial charge in [-0.25, -0.2) is 4.68 Å². The van der Waals surface area contributed by atoms with Crippen LogP contribution in [0.2, 0.25) is 0 Å². The van der Waals surface area contributed by atoms with E-state index in [1.165, 1.54) is 11.1 Å². The van der Waals surface area contributed by atoms with Crippen molar-refractivity contribution in [2.24, 2.45) is 0 Å². The van der Waals surface area contributed by atoms with E-state index in [1.807, 2.05) is 48.1 Å². The highest BCUT2D eigenvalue weighted by Crippen LogP contribution is 2.24. The Hall–Kier alpha value is -2.62. The summed E-state index contributed by atoms with van der Waals surface area (Å²) in [7, 11) is 0. The highest BCUT2D eigenvalue weighted by Gasteiger charge is 2.11. The number of phenolic OH excluding ortho intramolecular Hbond substituents is 1. The molecule has 4 heteroatoms. The fraction of sp³-hybridized carbons (Fsp3) is 0.263. The summed E-state index contributed by atoms with van der Waals surface area (Å²) < 4.78 is 1.87. The minimum absolute atomic E-state index is 0.330. The lowest BCUT2D eigenvalue weighted by Gasteiger charge is -2.11. The van der Waals surface area contributed by atoms with Gasteiger partial charge in [-0.3, -0.25) is 0 Å². The van der Waals surface area contributed by atoms with Crippen LogP contribution in [0.4, 0.5) is 0 Å². The SMILES string of the molecule is Cc1cc(C(C)Cc2cn(Cc3ccccc3)nn2)ccc1O. The third kappa shape index (κ3) is 3.77. The van der Waals surface area contributed by atoms with E-state index in [9.17, 15) is 5.11 Å². The van der Waals surface area contributed by atoms with E-state index in [0.717, 1.165) is 24.2 Å². The van der Waals surface area contributed by atoms with E-state index in [2.05, 4.69) is 29.4 Å².